The average Bonchev–Trinajstić information content (AvgIpc) is 3.11. The maximum Gasteiger partial charge on any atom is 0.321 e. The van der Waals surface area contributed by atoms with Gasteiger partial charge in [-0.3, -0.25) is 10.1 Å². The fourth-order valence-corrected chi connectivity index (χ4v) is 3.03. The highest BCUT2D eigenvalue weighted by Gasteiger charge is 2.26. The maximum absolute atomic E-state index is 12.4. The van der Waals surface area contributed by atoms with Crippen molar-refractivity contribution in [3.63, 3.8) is 0 Å². The molecule has 1 aliphatic heterocycles. The quantitative estimate of drug-likeness (QED) is 0.678. The first-order chi connectivity index (χ1) is 12.1. The van der Waals surface area contributed by atoms with Crippen LogP contribution in [0.3, 0.4) is 0 Å². The summed E-state index contributed by atoms with van der Waals surface area (Å²) in [6, 6.07) is 5.63. The van der Waals surface area contributed by atoms with Gasteiger partial charge in [-0.1, -0.05) is 0 Å². The molecule has 2 aromatic rings. The number of aromatic nitrogens is 3. The first-order valence-corrected chi connectivity index (χ1v) is 8.26. The Morgan fingerprint density at radius 1 is 1.32 bits per heavy atom. The van der Waals surface area contributed by atoms with E-state index in [9.17, 15) is 14.9 Å². The predicted octanol–water partition coefficient (Wildman–Crippen LogP) is 2.62. The number of aryl methyl sites for hydroxylation is 1. The summed E-state index contributed by atoms with van der Waals surface area (Å²) in [5.74, 6) is 1.30. The summed E-state index contributed by atoms with van der Waals surface area (Å²) < 4.78 is 2.04. The fraction of sp³-hybridized carbons (Fsp3) is 0.438. The molecule has 0 saturated carbocycles. The second kappa shape index (κ2) is 7.29. The number of nitrogens with one attached hydrogen (secondary N) is 1. The third-order valence-corrected chi connectivity index (χ3v) is 4.46. The van der Waals surface area contributed by atoms with Crippen LogP contribution in [0, 0.1) is 10.1 Å². The highest BCUT2D eigenvalue weighted by molar-refractivity contribution is 5.89. The Morgan fingerprint density at radius 3 is 2.60 bits per heavy atom. The molecule has 0 radical (unpaired) electrons. The van der Waals surface area contributed by atoms with Gasteiger partial charge in [-0.2, -0.15) is 0 Å². The molecule has 25 heavy (non-hydrogen) atoms. The minimum absolute atomic E-state index is 0.00107. The van der Waals surface area contributed by atoms with Crippen molar-refractivity contribution in [2.75, 3.05) is 18.4 Å². The Morgan fingerprint density at radius 2 is 2.00 bits per heavy atom. The standard InChI is InChI=1S/C16H20N6O3/c1-2-20-11-17-19-15(20)12-7-9-21(10-8-12)16(23)18-13-3-5-14(6-4-13)22(24)25/h3-6,11-12H,2,7-10H2,1H3,(H,18,23). The number of nitrogens with zero attached hydrogens (tertiary/aromatic N) is 5. The highest BCUT2D eigenvalue weighted by atomic mass is 16.6. The van der Waals surface area contributed by atoms with Crippen molar-refractivity contribution in [3.05, 3.63) is 46.5 Å². The molecule has 1 fully saturated rings. The second-order valence-corrected chi connectivity index (χ2v) is 5.97. The number of piperidine rings is 1. The zero-order valence-corrected chi connectivity index (χ0v) is 14.0. The van der Waals surface area contributed by atoms with Crippen molar-refractivity contribution < 1.29 is 9.72 Å². The van der Waals surface area contributed by atoms with Gasteiger partial charge in [-0.15, -0.1) is 10.2 Å². The van der Waals surface area contributed by atoms with Gasteiger partial charge in [0.2, 0.25) is 0 Å². The highest BCUT2D eigenvalue weighted by Crippen LogP contribution is 2.27. The number of nitro groups is 1. The molecule has 3 rings (SSSR count). The summed E-state index contributed by atoms with van der Waals surface area (Å²) in [6.07, 6.45) is 3.42. The van der Waals surface area contributed by atoms with Crippen LogP contribution < -0.4 is 5.32 Å². The summed E-state index contributed by atoms with van der Waals surface area (Å²) in [5, 5.41) is 21.6. The fourth-order valence-electron chi connectivity index (χ4n) is 3.03. The van der Waals surface area contributed by atoms with Crippen LogP contribution in [0.1, 0.15) is 31.5 Å². The molecule has 2 heterocycles. The zero-order chi connectivity index (χ0) is 17.8. The van der Waals surface area contributed by atoms with Gasteiger partial charge in [0, 0.05) is 43.4 Å². The average molecular weight is 344 g/mol. The van der Waals surface area contributed by atoms with Crippen LogP contribution in [0.5, 0.6) is 0 Å². The number of non-ortho nitro benzene ring substituents is 1. The van der Waals surface area contributed by atoms with Crippen LogP contribution in [-0.4, -0.2) is 43.7 Å². The number of anilines is 1. The summed E-state index contributed by atoms with van der Waals surface area (Å²) in [6.45, 7) is 4.17. The van der Waals surface area contributed by atoms with Gasteiger partial charge < -0.3 is 14.8 Å². The molecule has 9 nitrogen and oxygen atoms in total. The van der Waals surface area contributed by atoms with E-state index in [2.05, 4.69) is 22.4 Å². The number of likely N-dealkylation sites (tertiary alicyclic amines) is 1. The molecular weight excluding hydrogens is 324 g/mol. The molecule has 1 aromatic heterocycles. The van der Waals surface area contributed by atoms with Crippen LogP contribution in [0.25, 0.3) is 0 Å². The Labute approximate surface area is 144 Å². The monoisotopic (exact) mass is 344 g/mol. The van der Waals surface area contributed by atoms with Crippen LogP contribution in [0.4, 0.5) is 16.2 Å². The van der Waals surface area contributed by atoms with Gasteiger partial charge in [0.1, 0.15) is 12.2 Å². The SMILES string of the molecule is CCn1cnnc1C1CCN(C(=O)Nc2ccc([N+](=O)[O-])cc2)CC1. The minimum atomic E-state index is -0.467. The largest absolute Gasteiger partial charge is 0.324 e. The van der Waals surface area contributed by atoms with E-state index in [0.29, 0.717) is 24.7 Å². The van der Waals surface area contributed by atoms with Gasteiger partial charge in [-0.05, 0) is 31.9 Å². The van der Waals surface area contributed by atoms with E-state index in [1.165, 1.54) is 24.3 Å². The Kier molecular flexibility index (Phi) is 4.92. The second-order valence-electron chi connectivity index (χ2n) is 5.97. The summed E-state index contributed by atoms with van der Waals surface area (Å²) in [4.78, 5) is 24.3. The van der Waals surface area contributed by atoms with Crippen molar-refractivity contribution in [1.82, 2.24) is 19.7 Å². The molecule has 2 amide bonds. The van der Waals surface area contributed by atoms with Gasteiger partial charge in [0.15, 0.2) is 0 Å². The van der Waals surface area contributed by atoms with E-state index >= 15 is 0 Å². The van der Waals surface area contributed by atoms with E-state index in [1.807, 2.05) is 4.57 Å². The molecule has 0 spiro atoms. The number of hydrogen-bond donors (Lipinski definition) is 1. The Balaban J connectivity index is 1.55. The third-order valence-electron chi connectivity index (χ3n) is 4.46. The van der Waals surface area contributed by atoms with Crippen molar-refractivity contribution in [2.24, 2.45) is 0 Å². The summed E-state index contributed by atoms with van der Waals surface area (Å²) in [7, 11) is 0. The molecule has 0 unspecified atom stereocenters. The topological polar surface area (TPSA) is 106 Å². The third kappa shape index (κ3) is 3.76. The van der Waals surface area contributed by atoms with Gasteiger partial charge in [-0.25, -0.2) is 4.79 Å². The summed E-state index contributed by atoms with van der Waals surface area (Å²) >= 11 is 0. The van der Waals surface area contributed by atoms with Crippen molar-refractivity contribution in [3.8, 4) is 0 Å². The van der Waals surface area contributed by atoms with Crippen LogP contribution in [0.2, 0.25) is 0 Å². The Hall–Kier alpha value is -2.97. The van der Waals surface area contributed by atoms with Crippen LogP contribution in [-0.2, 0) is 6.54 Å². The molecule has 1 aromatic carbocycles. The number of rotatable bonds is 4. The van der Waals surface area contributed by atoms with Gasteiger partial charge in [0.05, 0.1) is 4.92 Å². The van der Waals surface area contributed by atoms with E-state index < -0.39 is 4.92 Å². The lowest BCUT2D eigenvalue weighted by Crippen LogP contribution is -2.40. The molecule has 1 saturated heterocycles. The number of urea groups is 1. The van der Waals surface area contributed by atoms with E-state index in [4.69, 9.17) is 0 Å². The lowest BCUT2D eigenvalue weighted by molar-refractivity contribution is -0.384. The molecule has 1 aliphatic rings. The first kappa shape index (κ1) is 16.9. The van der Waals surface area contributed by atoms with Gasteiger partial charge in [0.25, 0.3) is 5.69 Å². The number of carbonyl (C=O) groups excluding carboxylic acids is 1. The molecule has 0 aliphatic carbocycles. The van der Waals surface area contributed by atoms with E-state index in [0.717, 1.165) is 25.2 Å². The number of hydrogen-bond acceptors (Lipinski definition) is 5. The molecule has 1 N–H and O–H groups in total. The smallest absolute Gasteiger partial charge is 0.321 e. The van der Waals surface area contributed by atoms with Gasteiger partial charge >= 0.3 is 6.03 Å². The molecule has 132 valence electrons. The first-order valence-electron chi connectivity index (χ1n) is 8.26. The molecule has 0 atom stereocenters. The number of benzene rings is 1. The van der Waals surface area contributed by atoms with Crippen molar-refractivity contribution >= 4 is 17.4 Å². The molecular formula is C16H20N6O3. The van der Waals surface area contributed by atoms with E-state index in [1.54, 1.807) is 11.2 Å². The predicted molar refractivity (Wildman–Crippen MR) is 91.4 cm³/mol. The van der Waals surface area contributed by atoms with Crippen LogP contribution in [0.15, 0.2) is 30.6 Å². The maximum atomic E-state index is 12.4. The lowest BCUT2D eigenvalue weighted by atomic mass is 9.96. The van der Waals surface area contributed by atoms with E-state index in [-0.39, 0.29) is 11.7 Å². The number of carbonyl (C=O) groups is 1. The minimum Gasteiger partial charge on any atom is -0.324 e. The molecule has 0 bridgehead atoms. The summed E-state index contributed by atoms with van der Waals surface area (Å²) in [5.41, 5.74) is 0.544. The van der Waals surface area contributed by atoms with Crippen LogP contribution >= 0.6 is 0 Å². The van der Waals surface area contributed by atoms with Crippen molar-refractivity contribution in [2.45, 2.75) is 32.2 Å². The molecule has 9 heteroatoms. The Bertz CT molecular complexity index is 749. The zero-order valence-electron chi connectivity index (χ0n) is 14.0. The lowest BCUT2D eigenvalue weighted by Gasteiger charge is -2.31. The number of amides is 2. The van der Waals surface area contributed by atoms with Crippen molar-refractivity contribution in [1.29, 1.82) is 0 Å². The normalized spacial score (nSPS) is 15.2. The number of nitro benzene ring substituents is 1.